The summed E-state index contributed by atoms with van der Waals surface area (Å²) in [6.45, 7) is 0.340. The van der Waals surface area contributed by atoms with Crippen LogP contribution < -0.4 is 10.2 Å². The van der Waals surface area contributed by atoms with Gasteiger partial charge >= 0.3 is 0 Å². The van der Waals surface area contributed by atoms with Crippen LogP contribution in [0, 0.1) is 10.1 Å². The number of nitro benzene ring substituents is 1. The van der Waals surface area contributed by atoms with Crippen LogP contribution >= 0.6 is 0 Å². The minimum absolute atomic E-state index is 0.0664. The maximum Gasteiger partial charge on any atom is 0.269 e. The molecule has 7 nitrogen and oxygen atoms in total. The second kappa shape index (κ2) is 8.39. The number of nitrogens with zero attached hydrogens (tertiary/aromatic N) is 3. The van der Waals surface area contributed by atoms with Crippen molar-refractivity contribution in [1.82, 2.24) is 4.98 Å². The number of benzene rings is 2. The monoisotopic (exact) mass is 348 g/mol. The summed E-state index contributed by atoms with van der Waals surface area (Å²) in [4.78, 5) is 14.3. The fourth-order valence-electron chi connectivity index (χ4n) is 2.13. The maximum absolute atomic E-state index is 10.6. The van der Waals surface area contributed by atoms with Crippen molar-refractivity contribution in [2.75, 3.05) is 5.43 Å². The number of ether oxygens (including phenoxy) is 1. The zero-order valence-electron chi connectivity index (χ0n) is 13.8. The second-order valence-corrected chi connectivity index (χ2v) is 5.37. The molecule has 0 bridgehead atoms. The Morgan fingerprint density at radius 3 is 2.50 bits per heavy atom. The zero-order chi connectivity index (χ0) is 18.2. The Morgan fingerprint density at radius 2 is 1.85 bits per heavy atom. The summed E-state index contributed by atoms with van der Waals surface area (Å²) >= 11 is 0. The van der Waals surface area contributed by atoms with Gasteiger partial charge in [-0.25, -0.2) is 4.98 Å². The average Bonchev–Trinajstić information content (AvgIpc) is 2.68. The third-order valence-corrected chi connectivity index (χ3v) is 3.49. The van der Waals surface area contributed by atoms with Crippen LogP contribution in [0.2, 0.25) is 0 Å². The van der Waals surface area contributed by atoms with Gasteiger partial charge in [0.2, 0.25) is 0 Å². The molecule has 0 radical (unpaired) electrons. The summed E-state index contributed by atoms with van der Waals surface area (Å²) in [5, 5.41) is 14.8. The molecule has 0 saturated heterocycles. The highest BCUT2D eigenvalue weighted by atomic mass is 16.6. The summed E-state index contributed by atoms with van der Waals surface area (Å²) in [7, 11) is 0. The fourth-order valence-corrected chi connectivity index (χ4v) is 2.13. The number of non-ortho nitro benzene ring substituents is 1. The lowest BCUT2D eigenvalue weighted by Crippen LogP contribution is -1.96. The van der Waals surface area contributed by atoms with Crippen LogP contribution in [0.4, 0.5) is 11.5 Å². The van der Waals surface area contributed by atoms with Crippen LogP contribution in [0.3, 0.4) is 0 Å². The van der Waals surface area contributed by atoms with Crippen molar-refractivity contribution in [1.29, 1.82) is 0 Å². The van der Waals surface area contributed by atoms with E-state index in [0.29, 0.717) is 18.2 Å². The third kappa shape index (κ3) is 4.88. The SMILES string of the molecule is O=[N+]([O-])c1ccc(COc2ccc(/C=N/Nc3ccccn3)cc2)cc1. The molecule has 0 atom stereocenters. The van der Waals surface area contributed by atoms with Gasteiger partial charge in [-0.3, -0.25) is 15.5 Å². The lowest BCUT2D eigenvalue weighted by atomic mass is 10.2. The Balaban J connectivity index is 1.51. The molecular formula is C19H16N4O3. The Morgan fingerprint density at radius 1 is 1.08 bits per heavy atom. The Hall–Kier alpha value is -3.74. The van der Waals surface area contributed by atoms with Gasteiger partial charge in [0.1, 0.15) is 18.2 Å². The van der Waals surface area contributed by atoms with E-state index in [2.05, 4.69) is 15.5 Å². The van der Waals surface area contributed by atoms with Gasteiger partial charge in [0.05, 0.1) is 11.1 Å². The lowest BCUT2D eigenvalue weighted by Gasteiger charge is -2.06. The van der Waals surface area contributed by atoms with E-state index in [-0.39, 0.29) is 5.69 Å². The molecule has 26 heavy (non-hydrogen) atoms. The number of nitro groups is 1. The minimum atomic E-state index is -0.423. The summed E-state index contributed by atoms with van der Waals surface area (Å²) in [6.07, 6.45) is 3.38. The minimum Gasteiger partial charge on any atom is -0.489 e. The first-order valence-electron chi connectivity index (χ1n) is 7.87. The van der Waals surface area contributed by atoms with E-state index in [0.717, 1.165) is 11.1 Å². The first-order chi connectivity index (χ1) is 12.7. The molecule has 1 aromatic heterocycles. The quantitative estimate of drug-likeness (QED) is 0.396. The van der Waals surface area contributed by atoms with Crippen LogP contribution in [0.1, 0.15) is 11.1 Å². The molecule has 0 aliphatic carbocycles. The van der Waals surface area contributed by atoms with Crippen LogP contribution in [-0.4, -0.2) is 16.1 Å². The van der Waals surface area contributed by atoms with Gasteiger partial charge in [-0.2, -0.15) is 5.10 Å². The van der Waals surface area contributed by atoms with E-state index in [1.54, 1.807) is 24.5 Å². The van der Waals surface area contributed by atoms with Crippen LogP contribution in [0.25, 0.3) is 0 Å². The highest BCUT2D eigenvalue weighted by Gasteiger charge is 2.04. The molecule has 3 aromatic rings. The number of nitrogens with one attached hydrogen (secondary N) is 1. The van der Waals surface area contributed by atoms with Gasteiger partial charge in [-0.15, -0.1) is 0 Å². The number of hydrogen-bond donors (Lipinski definition) is 1. The predicted molar refractivity (Wildman–Crippen MR) is 99.3 cm³/mol. The number of hydrogen-bond acceptors (Lipinski definition) is 6. The maximum atomic E-state index is 10.6. The zero-order valence-corrected chi connectivity index (χ0v) is 13.8. The Labute approximate surface area is 150 Å². The molecule has 0 saturated carbocycles. The molecule has 0 fully saturated rings. The second-order valence-electron chi connectivity index (χ2n) is 5.37. The lowest BCUT2D eigenvalue weighted by molar-refractivity contribution is -0.384. The standard InChI is InChI=1S/C19H16N4O3/c24-23(25)17-8-4-16(5-9-17)14-26-18-10-6-15(7-11-18)13-21-22-19-3-1-2-12-20-19/h1-13H,14H2,(H,20,22)/b21-13+. The van der Waals surface area contributed by atoms with Crippen molar-refractivity contribution < 1.29 is 9.66 Å². The molecule has 130 valence electrons. The fraction of sp³-hybridized carbons (Fsp3) is 0.0526. The smallest absolute Gasteiger partial charge is 0.269 e. The molecular weight excluding hydrogens is 332 g/mol. The van der Waals surface area contributed by atoms with Crippen LogP contribution in [0.5, 0.6) is 5.75 Å². The molecule has 0 unspecified atom stereocenters. The summed E-state index contributed by atoms with van der Waals surface area (Å²) < 4.78 is 5.68. The molecule has 0 aliphatic rings. The Bertz CT molecular complexity index is 879. The van der Waals surface area contributed by atoms with E-state index in [1.165, 1.54) is 12.1 Å². The first kappa shape index (κ1) is 17.1. The van der Waals surface area contributed by atoms with E-state index in [4.69, 9.17) is 4.74 Å². The van der Waals surface area contributed by atoms with E-state index >= 15 is 0 Å². The molecule has 1 heterocycles. The molecule has 1 N–H and O–H groups in total. The molecule has 2 aromatic carbocycles. The molecule has 0 spiro atoms. The molecule has 7 heteroatoms. The van der Waals surface area contributed by atoms with E-state index in [1.807, 2.05) is 42.5 Å². The van der Waals surface area contributed by atoms with Gasteiger partial charge in [-0.1, -0.05) is 6.07 Å². The predicted octanol–water partition coefficient (Wildman–Crippen LogP) is 4.01. The van der Waals surface area contributed by atoms with Crippen molar-refractivity contribution in [2.24, 2.45) is 5.10 Å². The average molecular weight is 348 g/mol. The summed E-state index contributed by atoms with van der Waals surface area (Å²) in [5.74, 6) is 1.38. The van der Waals surface area contributed by atoms with Gasteiger partial charge < -0.3 is 4.74 Å². The number of pyridine rings is 1. The largest absolute Gasteiger partial charge is 0.489 e. The highest BCUT2D eigenvalue weighted by Crippen LogP contribution is 2.16. The summed E-state index contributed by atoms with van der Waals surface area (Å²) in [5.41, 5.74) is 4.69. The first-order valence-corrected chi connectivity index (χ1v) is 7.87. The van der Waals surface area contributed by atoms with E-state index < -0.39 is 4.92 Å². The van der Waals surface area contributed by atoms with Crippen molar-refractivity contribution in [3.8, 4) is 5.75 Å². The van der Waals surface area contributed by atoms with Crippen LogP contribution in [0.15, 0.2) is 78.0 Å². The van der Waals surface area contributed by atoms with Crippen molar-refractivity contribution in [3.63, 3.8) is 0 Å². The molecule has 0 amide bonds. The van der Waals surface area contributed by atoms with Gasteiger partial charge in [-0.05, 0) is 59.7 Å². The van der Waals surface area contributed by atoms with E-state index in [9.17, 15) is 10.1 Å². The van der Waals surface area contributed by atoms with Gasteiger partial charge in [0.25, 0.3) is 5.69 Å². The topological polar surface area (TPSA) is 89.7 Å². The number of hydrazone groups is 1. The van der Waals surface area contributed by atoms with Crippen molar-refractivity contribution in [2.45, 2.75) is 6.61 Å². The molecule has 3 rings (SSSR count). The summed E-state index contributed by atoms with van der Waals surface area (Å²) in [6, 6.07) is 19.3. The van der Waals surface area contributed by atoms with Gasteiger partial charge in [0.15, 0.2) is 0 Å². The molecule has 0 aliphatic heterocycles. The Kier molecular flexibility index (Phi) is 5.51. The van der Waals surface area contributed by atoms with Gasteiger partial charge in [0, 0.05) is 18.3 Å². The number of aromatic nitrogens is 1. The van der Waals surface area contributed by atoms with Crippen LogP contribution in [-0.2, 0) is 6.61 Å². The number of anilines is 1. The third-order valence-electron chi connectivity index (χ3n) is 3.49. The number of rotatable bonds is 7. The van der Waals surface area contributed by atoms with Crippen molar-refractivity contribution in [3.05, 3.63) is 94.2 Å². The highest BCUT2D eigenvalue weighted by molar-refractivity contribution is 5.80. The van der Waals surface area contributed by atoms with Crippen molar-refractivity contribution >= 4 is 17.7 Å². The normalized spacial score (nSPS) is 10.6.